The van der Waals surface area contributed by atoms with Crippen LogP contribution in [0.4, 0.5) is 0 Å². The lowest BCUT2D eigenvalue weighted by atomic mass is 10.1. The molecule has 1 aliphatic rings. The van der Waals surface area contributed by atoms with Crippen LogP contribution in [0.5, 0.6) is 5.75 Å². The minimum absolute atomic E-state index is 0.0768. The summed E-state index contributed by atoms with van der Waals surface area (Å²) in [6.45, 7) is 1.21. The number of hydrogen-bond acceptors (Lipinski definition) is 3. The van der Waals surface area contributed by atoms with Gasteiger partial charge in [0, 0.05) is 13.2 Å². The van der Waals surface area contributed by atoms with E-state index in [0.29, 0.717) is 22.3 Å². The molecule has 1 amide bonds. The summed E-state index contributed by atoms with van der Waals surface area (Å²) in [6, 6.07) is 3.17. The van der Waals surface area contributed by atoms with Gasteiger partial charge in [-0.2, -0.15) is 0 Å². The molecule has 19 heavy (non-hydrogen) atoms. The van der Waals surface area contributed by atoms with E-state index >= 15 is 0 Å². The van der Waals surface area contributed by atoms with Crippen molar-refractivity contribution in [2.75, 3.05) is 20.3 Å². The van der Waals surface area contributed by atoms with E-state index in [1.165, 1.54) is 7.11 Å². The van der Waals surface area contributed by atoms with Gasteiger partial charge in [-0.05, 0) is 25.0 Å². The molecule has 1 aliphatic heterocycles. The molecule has 0 radical (unpaired) electrons. The number of rotatable bonds is 4. The van der Waals surface area contributed by atoms with Crippen molar-refractivity contribution < 1.29 is 14.3 Å². The van der Waals surface area contributed by atoms with Crippen molar-refractivity contribution in [1.82, 2.24) is 5.32 Å². The van der Waals surface area contributed by atoms with Gasteiger partial charge in [-0.3, -0.25) is 4.79 Å². The smallest absolute Gasteiger partial charge is 0.256 e. The number of methoxy groups -OCH3 is 1. The molecule has 4 nitrogen and oxygen atoms in total. The van der Waals surface area contributed by atoms with Crippen LogP contribution in [0.2, 0.25) is 10.0 Å². The summed E-state index contributed by atoms with van der Waals surface area (Å²) in [5, 5.41) is 3.46. The molecule has 104 valence electrons. The summed E-state index contributed by atoms with van der Waals surface area (Å²) in [5.74, 6) is -0.0149. The van der Waals surface area contributed by atoms with Crippen LogP contribution in [-0.4, -0.2) is 32.3 Å². The highest BCUT2D eigenvalue weighted by Gasteiger charge is 2.21. The van der Waals surface area contributed by atoms with Gasteiger partial charge < -0.3 is 14.8 Å². The van der Waals surface area contributed by atoms with Crippen LogP contribution in [0.15, 0.2) is 12.1 Å². The van der Waals surface area contributed by atoms with E-state index in [0.717, 1.165) is 19.4 Å². The zero-order chi connectivity index (χ0) is 13.8. The van der Waals surface area contributed by atoms with Crippen LogP contribution in [0.25, 0.3) is 0 Å². The minimum atomic E-state index is -0.306. The van der Waals surface area contributed by atoms with Gasteiger partial charge in [-0.1, -0.05) is 23.2 Å². The third-order valence-corrected chi connectivity index (χ3v) is 3.62. The van der Waals surface area contributed by atoms with E-state index in [-0.39, 0.29) is 17.6 Å². The molecule has 0 aromatic heterocycles. The maximum Gasteiger partial charge on any atom is 0.256 e. The maximum atomic E-state index is 12.2. The van der Waals surface area contributed by atoms with Crippen molar-refractivity contribution in [1.29, 1.82) is 0 Å². The summed E-state index contributed by atoms with van der Waals surface area (Å²) in [5.41, 5.74) is 0.259. The third kappa shape index (κ3) is 3.32. The van der Waals surface area contributed by atoms with Gasteiger partial charge in [0.05, 0.1) is 23.3 Å². The van der Waals surface area contributed by atoms with Crippen LogP contribution < -0.4 is 10.1 Å². The Morgan fingerprint density at radius 1 is 1.47 bits per heavy atom. The molecule has 0 saturated carbocycles. The zero-order valence-corrected chi connectivity index (χ0v) is 12.1. The first-order valence-electron chi connectivity index (χ1n) is 6.05. The normalized spacial score (nSPS) is 18.4. The Bertz CT molecular complexity index is 473. The van der Waals surface area contributed by atoms with Gasteiger partial charge in [0.25, 0.3) is 5.91 Å². The van der Waals surface area contributed by atoms with Crippen molar-refractivity contribution in [3.63, 3.8) is 0 Å². The first-order chi connectivity index (χ1) is 9.13. The Balaban J connectivity index is 2.11. The highest BCUT2D eigenvalue weighted by atomic mass is 35.5. The molecular weight excluding hydrogens is 289 g/mol. The Kier molecular flexibility index (Phi) is 4.91. The molecule has 1 heterocycles. The number of amides is 1. The fourth-order valence-corrected chi connectivity index (χ4v) is 2.51. The number of hydrogen-bond donors (Lipinski definition) is 1. The number of carbonyl (C=O) groups excluding carboxylic acids is 1. The predicted octanol–water partition coefficient (Wildman–Crippen LogP) is 2.91. The molecule has 1 N–H and O–H groups in total. The number of benzene rings is 1. The highest BCUT2D eigenvalue weighted by molar-refractivity contribution is 6.37. The lowest BCUT2D eigenvalue weighted by Gasteiger charge is -2.14. The number of ether oxygens (including phenoxy) is 2. The van der Waals surface area contributed by atoms with Crippen molar-refractivity contribution in [3.8, 4) is 5.75 Å². The summed E-state index contributed by atoms with van der Waals surface area (Å²) < 4.78 is 10.6. The Morgan fingerprint density at radius 3 is 2.84 bits per heavy atom. The highest BCUT2D eigenvalue weighted by Crippen LogP contribution is 2.33. The van der Waals surface area contributed by atoms with Gasteiger partial charge in [0.15, 0.2) is 5.75 Å². The molecule has 1 fully saturated rings. The van der Waals surface area contributed by atoms with Crippen molar-refractivity contribution >= 4 is 29.1 Å². The second-order valence-electron chi connectivity index (χ2n) is 4.28. The van der Waals surface area contributed by atoms with Crippen LogP contribution in [-0.2, 0) is 4.74 Å². The molecule has 1 unspecified atom stereocenters. The SMILES string of the molecule is COc1c(Cl)ccc(Cl)c1C(=O)NCC1CCCO1. The van der Waals surface area contributed by atoms with Crippen molar-refractivity contribution in [3.05, 3.63) is 27.7 Å². The molecule has 1 aromatic rings. The van der Waals surface area contributed by atoms with Gasteiger partial charge in [0.1, 0.15) is 5.56 Å². The van der Waals surface area contributed by atoms with Crippen LogP contribution in [0.3, 0.4) is 0 Å². The molecule has 2 rings (SSSR count). The van der Waals surface area contributed by atoms with E-state index in [1.807, 2.05) is 0 Å². The lowest BCUT2D eigenvalue weighted by Crippen LogP contribution is -2.32. The number of halogens is 2. The predicted molar refractivity (Wildman–Crippen MR) is 74.3 cm³/mol. The van der Waals surface area contributed by atoms with E-state index in [2.05, 4.69) is 5.32 Å². The number of carbonyl (C=O) groups is 1. The quantitative estimate of drug-likeness (QED) is 0.930. The van der Waals surface area contributed by atoms with Crippen molar-refractivity contribution in [2.45, 2.75) is 18.9 Å². The minimum Gasteiger partial charge on any atom is -0.494 e. The fraction of sp³-hybridized carbons (Fsp3) is 0.462. The summed E-state index contributed by atoms with van der Waals surface area (Å²) >= 11 is 12.0. The zero-order valence-electron chi connectivity index (χ0n) is 10.5. The van der Waals surface area contributed by atoms with Gasteiger partial charge in [0.2, 0.25) is 0 Å². The molecule has 0 aliphatic carbocycles. The molecule has 0 spiro atoms. The van der Waals surface area contributed by atoms with E-state index < -0.39 is 0 Å². The van der Waals surface area contributed by atoms with Gasteiger partial charge in [-0.25, -0.2) is 0 Å². The van der Waals surface area contributed by atoms with Crippen molar-refractivity contribution in [2.24, 2.45) is 0 Å². The van der Waals surface area contributed by atoms with E-state index in [4.69, 9.17) is 32.7 Å². The molecule has 6 heteroatoms. The molecule has 1 aromatic carbocycles. The molecular formula is C13H15Cl2NO3. The topological polar surface area (TPSA) is 47.6 Å². The molecule has 0 bridgehead atoms. The van der Waals surface area contributed by atoms with E-state index in [9.17, 15) is 4.79 Å². The Morgan fingerprint density at radius 2 is 2.21 bits per heavy atom. The lowest BCUT2D eigenvalue weighted by molar-refractivity contribution is 0.0855. The second-order valence-corrected chi connectivity index (χ2v) is 5.10. The summed E-state index contributed by atoms with van der Waals surface area (Å²) in [7, 11) is 1.45. The standard InChI is InChI=1S/C13H15Cl2NO3/c1-18-12-10(15)5-4-9(14)11(12)13(17)16-7-8-3-2-6-19-8/h4-5,8H,2-3,6-7H2,1H3,(H,16,17). The largest absolute Gasteiger partial charge is 0.494 e. The number of nitrogens with one attached hydrogen (secondary N) is 1. The summed E-state index contributed by atoms with van der Waals surface area (Å²) in [4.78, 5) is 12.2. The molecule has 1 saturated heterocycles. The fourth-order valence-electron chi connectivity index (χ4n) is 2.04. The van der Waals surface area contributed by atoms with Gasteiger partial charge >= 0.3 is 0 Å². The Labute approximate surface area is 122 Å². The monoisotopic (exact) mass is 303 g/mol. The van der Waals surface area contributed by atoms with E-state index in [1.54, 1.807) is 12.1 Å². The van der Waals surface area contributed by atoms with Crippen LogP contribution >= 0.6 is 23.2 Å². The first-order valence-corrected chi connectivity index (χ1v) is 6.81. The second kappa shape index (κ2) is 6.46. The Hall–Kier alpha value is -0.970. The average molecular weight is 304 g/mol. The maximum absolute atomic E-state index is 12.2. The first kappa shape index (κ1) is 14.4. The molecule has 1 atom stereocenters. The third-order valence-electron chi connectivity index (χ3n) is 3.00. The van der Waals surface area contributed by atoms with Crippen LogP contribution in [0.1, 0.15) is 23.2 Å². The summed E-state index contributed by atoms with van der Waals surface area (Å²) in [6.07, 6.45) is 2.07. The van der Waals surface area contributed by atoms with Gasteiger partial charge in [-0.15, -0.1) is 0 Å². The average Bonchev–Trinajstić information content (AvgIpc) is 2.91. The van der Waals surface area contributed by atoms with Crippen LogP contribution in [0, 0.1) is 0 Å².